The largest absolute Gasteiger partial charge is 0.326 e. The molecule has 2 nitrogen and oxygen atoms in total. The maximum atomic E-state index is 7.45. The minimum Gasteiger partial charge on any atom is -0.326 e. The van der Waals surface area contributed by atoms with Gasteiger partial charge in [0.05, 0.1) is 11.0 Å². The van der Waals surface area contributed by atoms with Crippen LogP contribution in [0.1, 0.15) is 39.8 Å². The Bertz CT molecular complexity index is 1480. The first-order valence-corrected chi connectivity index (χ1v) is 15.1. The minimum atomic E-state index is -0.543. The average Bonchev–Trinajstić information content (AvgIpc) is 3.10. The Morgan fingerprint density at radius 1 is 0.395 bits per heavy atom. The highest BCUT2D eigenvalue weighted by Crippen LogP contribution is 2.43. The zero-order valence-corrected chi connectivity index (χ0v) is 24.4. The molecule has 0 amide bonds. The summed E-state index contributed by atoms with van der Waals surface area (Å²) in [5.74, 6) is 0. The Morgan fingerprint density at radius 3 is 0.930 bits per heavy atom. The van der Waals surface area contributed by atoms with Crippen LogP contribution in [-0.4, -0.2) is 12.6 Å². The molecule has 2 heteroatoms. The van der Waals surface area contributed by atoms with Gasteiger partial charge >= 0.3 is 0 Å². The number of benzene rings is 6. The van der Waals surface area contributed by atoms with Crippen molar-refractivity contribution >= 4 is 0 Å². The fourth-order valence-electron chi connectivity index (χ4n) is 6.75. The van der Waals surface area contributed by atoms with Crippen molar-refractivity contribution in [2.45, 2.75) is 23.4 Å². The van der Waals surface area contributed by atoms with Gasteiger partial charge in [0.25, 0.3) is 0 Å². The highest BCUT2D eigenvalue weighted by molar-refractivity contribution is 5.53. The van der Waals surface area contributed by atoms with Crippen molar-refractivity contribution in [2.24, 2.45) is 5.73 Å². The van der Waals surface area contributed by atoms with Crippen molar-refractivity contribution in [2.75, 3.05) is 6.54 Å². The number of rotatable bonds is 11. The second kappa shape index (κ2) is 13.0. The van der Waals surface area contributed by atoms with Gasteiger partial charge in [0.1, 0.15) is 0 Å². The predicted molar refractivity (Wildman–Crippen MR) is 179 cm³/mol. The quantitative estimate of drug-likeness (QED) is 0.157. The molecule has 6 aromatic rings. The lowest BCUT2D eigenvalue weighted by atomic mass is 9.64. The molecule has 0 radical (unpaired) electrons. The molecule has 6 aromatic carbocycles. The maximum absolute atomic E-state index is 7.45. The van der Waals surface area contributed by atoms with E-state index in [1.165, 1.54) is 33.4 Å². The van der Waals surface area contributed by atoms with Gasteiger partial charge in [-0.2, -0.15) is 0 Å². The molecule has 3 N–H and O–H groups in total. The summed E-state index contributed by atoms with van der Waals surface area (Å²) in [5, 5.41) is 4.06. The first-order chi connectivity index (χ1) is 21.3. The second-order valence-electron chi connectivity index (χ2n) is 11.1. The smallest absolute Gasteiger partial charge is 0.0947 e. The zero-order valence-electron chi connectivity index (χ0n) is 24.4. The Balaban J connectivity index is 1.44. The van der Waals surface area contributed by atoms with E-state index < -0.39 is 11.0 Å². The van der Waals surface area contributed by atoms with Crippen molar-refractivity contribution in [3.05, 3.63) is 215 Å². The second-order valence-corrected chi connectivity index (χ2v) is 11.1. The van der Waals surface area contributed by atoms with Gasteiger partial charge in [-0.05, 0) is 46.3 Å². The van der Waals surface area contributed by atoms with Crippen LogP contribution in [0, 0.1) is 0 Å². The lowest BCUT2D eigenvalue weighted by molar-refractivity contribution is 0.399. The molecule has 0 spiro atoms. The Hall–Kier alpha value is -4.76. The lowest BCUT2D eigenvalue weighted by Crippen LogP contribution is -2.51. The summed E-state index contributed by atoms with van der Waals surface area (Å²) < 4.78 is 0. The molecule has 212 valence electrons. The molecule has 43 heavy (non-hydrogen) atoms. The molecule has 0 bridgehead atoms. The van der Waals surface area contributed by atoms with Gasteiger partial charge in [0, 0.05) is 6.04 Å². The number of hydrogen-bond acceptors (Lipinski definition) is 2. The van der Waals surface area contributed by atoms with Crippen molar-refractivity contribution < 1.29 is 0 Å². The summed E-state index contributed by atoms with van der Waals surface area (Å²) in [4.78, 5) is 0. The fraction of sp³-hybridized carbons (Fsp3) is 0.122. The fourth-order valence-corrected chi connectivity index (χ4v) is 6.75. The molecule has 0 aliphatic carbocycles. The zero-order chi connectivity index (χ0) is 29.4. The predicted octanol–water partition coefficient (Wildman–Crippen LogP) is 8.32. The van der Waals surface area contributed by atoms with E-state index in [1.807, 2.05) is 0 Å². The summed E-state index contributed by atoms with van der Waals surface area (Å²) in [6, 6.07) is 64.3. The first kappa shape index (κ1) is 28.4. The lowest BCUT2D eigenvalue weighted by Gasteiger charge is -2.42. The van der Waals surface area contributed by atoms with Crippen LogP contribution in [-0.2, 0) is 11.0 Å². The number of nitrogens with two attached hydrogens (primary N) is 1. The van der Waals surface area contributed by atoms with E-state index in [0.29, 0.717) is 6.54 Å². The Morgan fingerprint density at radius 2 is 0.651 bits per heavy atom. The molecule has 0 heterocycles. The maximum Gasteiger partial charge on any atom is 0.0947 e. The van der Waals surface area contributed by atoms with E-state index in [9.17, 15) is 0 Å². The van der Waals surface area contributed by atoms with Crippen molar-refractivity contribution in [3.63, 3.8) is 0 Å². The standard InChI is InChI=1S/C41H38N2/c42-39(40(33-19-7-1-8-20-33,34-21-9-2-10-22-34)35-23-11-3-12-24-35)31-32-43-41(36-25-13-4-14-26-36,37-27-15-5-16-28-37)38-29-17-6-18-30-38/h1-30,39,43H,31-32,42H2. The van der Waals surface area contributed by atoms with Crippen LogP contribution in [0.3, 0.4) is 0 Å². The van der Waals surface area contributed by atoms with E-state index >= 15 is 0 Å². The van der Waals surface area contributed by atoms with Crippen LogP contribution < -0.4 is 11.1 Å². The Kier molecular flexibility index (Phi) is 8.60. The van der Waals surface area contributed by atoms with Crippen LogP contribution in [0.2, 0.25) is 0 Å². The van der Waals surface area contributed by atoms with E-state index in [2.05, 4.69) is 187 Å². The van der Waals surface area contributed by atoms with Gasteiger partial charge in [-0.1, -0.05) is 182 Å². The third kappa shape index (κ3) is 5.44. The highest BCUT2D eigenvalue weighted by Gasteiger charge is 2.42. The third-order valence-electron chi connectivity index (χ3n) is 8.71. The first-order valence-electron chi connectivity index (χ1n) is 15.1. The van der Waals surface area contributed by atoms with Crippen LogP contribution in [0.4, 0.5) is 0 Å². The van der Waals surface area contributed by atoms with E-state index in [4.69, 9.17) is 5.73 Å². The normalized spacial score (nSPS) is 12.5. The molecule has 0 fully saturated rings. The SMILES string of the molecule is NC(CCNC(c1ccccc1)(c1ccccc1)c1ccccc1)C(c1ccccc1)(c1ccccc1)c1ccccc1. The third-order valence-corrected chi connectivity index (χ3v) is 8.71. The summed E-state index contributed by atoms with van der Waals surface area (Å²) in [6.07, 6.45) is 0.743. The van der Waals surface area contributed by atoms with Gasteiger partial charge in [0.2, 0.25) is 0 Å². The molecule has 0 saturated heterocycles. The monoisotopic (exact) mass is 558 g/mol. The molecule has 0 aliphatic heterocycles. The van der Waals surface area contributed by atoms with Crippen LogP contribution >= 0.6 is 0 Å². The van der Waals surface area contributed by atoms with E-state index in [1.54, 1.807) is 0 Å². The summed E-state index contributed by atoms with van der Waals surface area (Å²) in [7, 11) is 0. The Labute approximate surface area is 255 Å². The topological polar surface area (TPSA) is 38.0 Å². The van der Waals surface area contributed by atoms with E-state index in [-0.39, 0.29) is 6.04 Å². The summed E-state index contributed by atoms with van der Waals surface area (Å²) >= 11 is 0. The van der Waals surface area contributed by atoms with Crippen molar-refractivity contribution in [1.82, 2.24) is 5.32 Å². The number of nitrogens with one attached hydrogen (secondary N) is 1. The van der Waals surface area contributed by atoms with Crippen LogP contribution in [0.25, 0.3) is 0 Å². The van der Waals surface area contributed by atoms with Gasteiger partial charge in [-0.25, -0.2) is 0 Å². The minimum absolute atomic E-state index is 0.216. The van der Waals surface area contributed by atoms with Crippen molar-refractivity contribution in [1.29, 1.82) is 0 Å². The molecule has 1 unspecified atom stereocenters. The summed E-state index contributed by atoms with van der Waals surface area (Å²) in [6.45, 7) is 0.702. The van der Waals surface area contributed by atoms with Crippen molar-refractivity contribution in [3.8, 4) is 0 Å². The highest BCUT2D eigenvalue weighted by atomic mass is 15.0. The van der Waals surface area contributed by atoms with Gasteiger partial charge in [0.15, 0.2) is 0 Å². The molecule has 1 atom stereocenters. The summed E-state index contributed by atoms with van der Waals surface area (Å²) in [5.41, 5.74) is 13.6. The molecule has 0 aliphatic rings. The average molecular weight is 559 g/mol. The molecular weight excluding hydrogens is 520 g/mol. The van der Waals surface area contributed by atoms with Gasteiger partial charge < -0.3 is 5.73 Å². The molecule has 0 saturated carbocycles. The molecule has 0 aromatic heterocycles. The van der Waals surface area contributed by atoms with Crippen LogP contribution in [0.15, 0.2) is 182 Å². The van der Waals surface area contributed by atoms with Crippen LogP contribution in [0.5, 0.6) is 0 Å². The number of hydrogen-bond donors (Lipinski definition) is 2. The molecular formula is C41H38N2. The molecule has 6 rings (SSSR count). The van der Waals surface area contributed by atoms with Gasteiger partial charge in [-0.15, -0.1) is 0 Å². The van der Waals surface area contributed by atoms with E-state index in [0.717, 1.165) is 6.42 Å². The van der Waals surface area contributed by atoms with Gasteiger partial charge in [-0.3, -0.25) is 5.32 Å².